The molecule has 5 heteroatoms. The van der Waals surface area contributed by atoms with Gasteiger partial charge in [-0.05, 0) is 95.5 Å². The van der Waals surface area contributed by atoms with E-state index in [2.05, 4.69) is 119 Å². The fourth-order valence-electron chi connectivity index (χ4n) is 6.83. The van der Waals surface area contributed by atoms with Crippen LogP contribution in [0.4, 0.5) is 0 Å². The molecule has 48 heavy (non-hydrogen) atoms. The second kappa shape index (κ2) is 12.8. The normalized spacial score (nSPS) is 11.9. The summed E-state index contributed by atoms with van der Waals surface area (Å²) in [4.78, 5) is 4.72. The minimum atomic E-state index is 0.104. The van der Waals surface area contributed by atoms with E-state index in [1.165, 1.54) is 38.6 Å². The number of rotatable bonds is 9. The molecule has 3 aromatic heterocycles. The molecule has 242 valence electrons. The Morgan fingerprint density at radius 1 is 0.729 bits per heavy atom. The Hall–Kier alpha value is -5.16. The van der Waals surface area contributed by atoms with Crippen LogP contribution in [0.15, 0.2) is 110 Å². The number of para-hydroxylation sites is 1. The van der Waals surface area contributed by atoms with Crippen molar-refractivity contribution in [2.24, 2.45) is 0 Å². The highest BCUT2D eigenvalue weighted by Crippen LogP contribution is 2.37. The van der Waals surface area contributed by atoms with Gasteiger partial charge in [-0.3, -0.25) is 4.57 Å². The van der Waals surface area contributed by atoms with Gasteiger partial charge in [0.2, 0.25) is 0 Å². The third-order valence-electron chi connectivity index (χ3n) is 9.17. The van der Waals surface area contributed by atoms with E-state index < -0.39 is 0 Å². The van der Waals surface area contributed by atoms with Crippen LogP contribution < -0.4 is 4.74 Å². The van der Waals surface area contributed by atoms with Crippen LogP contribution in [-0.4, -0.2) is 19.3 Å². The van der Waals surface area contributed by atoms with Crippen molar-refractivity contribution >= 4 is 21.8 Å². The molecule has 0 saturated heterocycles. The minimum Gasteiger partial charge on any atom is -0.457 e. The van der Waals surface area contributed by atoms with Gasteiger partial charge in [0.05, 0.1) is 22.9 Å². The summed E-state index contributed by atoms with van der Waals surface area (Å²) in [6, 6.07) is 32.0. The second-order valence-corrected chi connectivity index (χ2v) is 13.9. The number of fused-ring (bicyclic) bond motifs is 3. The zero-order valence-corrected chi connectivity index (χ0v) is 28.9. The van der Waals surface area contributed by atoms with Crippen LogP contribution in [0.3, 0.4) is 0 Å². The van der Waals surface area contributed by atoms with Gasteiger partial charge in [-0.15, -0.1) is 0 Å². The van der Waals surface area contributed by atoms with E-state index in [1.54, 1.807) is 0 Å². The van der Waals surface area contributed by atoms with Crippen molar-refractivity contribution in [3.8, 4) is 34.1 Å². The van der Waals surface area contributed by atoms with Gasteiger partial charge in [-0.1, -0.05) is 83.9 Å². The highest BCUT2D eigenvalue weighted by atomic mass is 16.5. The molecular formula is C43H44N4O. The van der Waals surface area contributed by atoms with Gasteiger partial charge >= 0.3 is 0 Å². The summed E-state index contributed by atoms with van der Waals surface area (Å²) in [6.07, 6.45) is 10.4. The molecule has 0 fully saturated rings. The summed E-state index contributed by atoms with van der Waals surface area (Å²) >= 11 is 0. The van der Waals surface area contributed by atoms with Crippen molar-refractivity contribution < 1.29 is 4.74 Å². The highest BCUT2D eigenvalue weighted by Gasteiger charge is 2.21. The molecule has 7 aromatic rings. The van der Waals surface area contributed by atoms with E-state index in [4.69, 9.17) is 14.8 Å². The van der Waals surface area contributed by atoms with Crippen LogP contribution in [0.1, 0.15) is 69.7 Å². The van der Waals surface area contributed by atoms with Crippen molar-refractivity contribution in [3.63, 3.8) is 0 Å². The number of hydrogen-bond acceptors (Lipinski definition) is 3. The monoisotopic (exact) mass is 632 g/mol. The van der Waals surface area contributed by atoms with E-state index >= 15 is 0 Å². The van der Waals surface area contributed by atoms with Gasteiger partial charge in [-0.2, -0.15) is 5.10 Å². The van der Waals surface area contributed by atoms with Crippen LogP contribution in [0.25, 0.3) is 44.4 Å². The molecule has 7 rings (SSSR count). The smallest absolute Gasteiger partial charge is 0.137 e. The molecule has 0 aliphatic heterocycles. The van der Waals surface area contributed by atoms with Gasteiger partial charge in [0.1, 0.15) is 17.3 Å². The molecule has 0 unspecified atom stereocenters. The molecule has 0 atom stereocenters. The first-order chi connectivity index (χ1) is 23.2. The van der Waals surface area contributed by atoms with Crippen molar-refractivity contribution in [1.82, 2.24) is 19.3 Å². The van der Waals surface area contributed by atoms with E-state index in [0.717, 1.165) is 65.3 Å². The molecule has 0 spiro atoms. The van der Waals surface area contributed by atoms with Crippen LogP contribution in [0, 0.1) is 6.92 Å². The summed E-state index contributed by atoms with van der Waals surface area (Å²) < 4.78 is 10.7. The summed E-state index contributed by atoms with van der Waals surface area (Å²) in [5, 5.41) is 7.21. The lowest BCUT2D eigenvalue weighted by Crippen LogP contribution is -2.13. The van der Waals surface area contributed by atoms with E-state index in [-0.39, 0.29) is 5.41 Å². The fourth-order valence-corrected chi connectivity index (χ4v) is 6.83. The number of hydrogen-bond donors (Lipinski definition) is 0. The molecule has 0 N–H and O–H groups in total. The molecule has 0 amide bonds. The largest absolute Gasteiger partial charge is 0.457 e. The van der Waals surface area contributed by atoms with Crippen LogP contribution in [-0.2, 0) is 18.3 Å². The van der Waals surface area contributed by atoms with Crippen molar-refractivity contribution in [1.29, 1.82) is 0 Å². The number of ether oxygens (including phenoxy) is 1. The Morgan fingerprint density at radius 3 is 2.19 bits per heavy atom. The zero-order valence-electron chi connectivity index (χ0n) is 28.9. The molecule has 5 nitrogen and oxygen atoms in total. The first-order valence-corrected chi connectivity index (χ1v) is 17.2. The second-order valence-electron chi connectivity index (χ2n) is 13.9. The average Bonchev–Trinajstić information content (AvgIpc) is 3.68. The maximum Gasteiger partial charge on any atom is 0.137 e. The predicted octanol–water partition coefficient (Wildman–Crippen LogP) is 11.3. The molecule has 0 bridgehead atoms. The van der Waals surface area contributed by atoms with Crippen molar-refractivity contribution in [2.45, 2.75) is 72.6 Å². The average molecular weight is 633 g/mol. The molecule has 3 heterocycles. The first kappa shape index (κ1) is 31.4. The molecular weight excluding hydrogens is 589 g/mol. The Morgan fingerprint density at radius 2 is 1.46 bits per heavy atom. The predicted molar refractivity (Wildman–Crippen MR) is 199 cm³/mol. The minimum absolute atomic E-state index is 0.104. The molecule has 0 aliphatic carbocycles. The SMILES string of the molecule is CCCc1cc(C(C)(C)C)cc(CCC)c1-c1cnn(-c2cccc(Oc3ccc4c5ccccc5n(-c5cc(C)ccn5)c4c3)c2)c1. The summed E-state index contributed by atoms with van der Waals surface area (Å²) in [5.41, 5.74) is 11.2. The first-order valence-electron chi connectivity index (χ1n) is 17.2. The maximum atomic E-state index is 6.52. The van der Waals surface area contributed by atoms with Gasteiger partial charge in [-0.25, -0.2) is 9.67 Å². The fraction of sp³-hybridized carbons (Fsp3) is 0.256. The lowest BCUT2D eigenvalue weighted by atomic mass is 9.81. The number of aryl methyl sites for hydroxylation is 3. The third kappa shape index (κ3) is 6.01. The molecule has 0 saturated carbocycles. The summed E-state index contributed by atoms with van der Waals surface area (Å²) in [6.45, 7) is 13.5. The van der Waals surface area contributed by atoms with Gasteiger partial charge < -0.3 is 4.74 Å². The van der Waals surface area contributed by atoms with Crippen LogP contribution in [0.5, 0.6) is 11.5 Å². The van der Waals surface area contributed by atoms with E-state index in [1.807, 2.05) is 41.3 Å². The third-order valence-corrected chi connectivity index (χ3v) is 9.17. The zero-order chi connectivity index (χ0) is 33.4. The Labute approximate surface area is 283 Å². The van der Waals surface area contributed by atoms with Crippen LogP contribution >= 0.6 is 0 Å². The Kier molecular flexibility index (Phi) is 8.38. The van der Waals surface area contributed by atoms with Gasteiger partial charge in [0.15, 0.2) is 0 Å². The standard InChI is InChI=1S/C43H44N4O/c1-7-12-30-23-33(43(4,5)6)24-31(13-8-2)42(30)32-27-45-46(28-32)34-14-11-15-35(25-34)48-36-18-19-38-37-16-9-10-17-39(37)47(40(38)26-36)41-22-29(3)20-21-44-41/h9-11,14-28H,7-8,12-13H2,1-6H3. The Balaban J connectivity index is 1.24. The lowest BCUT2D eigenvalue weighted by Gasteiger charge is -2.24. The quantitative estimate of drug-likeness (QED) is 0.159. The highest BCUT2D eigenvalue weighted by molar-refractivity contribution is 6.09. The Bertz CT molecular complexity index is 2220. The van der Waals surface area contributed by atoms with Crippen molar-refractivity contribution in [3.05, 3.63) is 132 Å². The van der Waals surface area contributed by atoms with Crippen LogP contribution in [0.2, 0.25) is 0 Å². The van der Waals surface area contributed by atoms with E-state index in [9.17, 15) is 0 Å². The van der Waals surface area contributed by atoms with Crippen molar-refractivity contribution in [2.75, 3.05) is 0 Å². The summed E-state index contributed by atoms with van der Waals surface area (Å²) in [7, 11) is 0. The summed E-state index contributed by atoms with van der Waals surface area (Å²) in [5.74, 6) is 2.42. The molecule has 4 aromatic carbocycles. The number of benzene rings is 4. The maximum absolute atomic E-state index is 6.52. The van der Waals surface area contributed by atoms with Gasteiger partial charge in [0.25, 0.3) is 0 Å². The van der Waals surface area contributed by atoms with E-state index in [0.29, 0.717) is 0 Å². The number of pyridine rings is 1. The topological polar surface area (TPSA) is 44.9 Å². The van der Waals surface area contributed by atoms with Gasteiger partial charge in [0, 0.05) is 40.9 Å². The molecule has 0 radical (unpaired) electrons. The molecule has 0 aliphatic rings. The number of nitrogens with zero attached hydrogens (tertiary/aromatic N) is 4. The number of aromatic nitrogens is 4. The lowest BCUT2D eigenvalue weighted by molar-refractivity contribution is 0.483.